The summed E-state index contributed by atoms with van der Waals surface area (Å²) < 4.78 is 26.5. The van der Waals surface area contributed by atoms with E-state index < -0.39 is 15.9 Å². The highest BCUT2D eigenvalue weighted by molar-refractivity contribution is 7.89. The van der Waals surface area contributed by atoms with Crippen molar-refractivity contribution in [2.75, 3.05) is 13.1 Å². The first-order chi connectivity index (χ1) is 13.2. The quantitative estimate of drug-likeness (QED) is 0.640. The molecule has 1 saturated heterocycles. The Balaban J connectivity index is 1.69. The van der Waals surface area contributed by atoms with E-state index >= 15 is 0 Å². The van der Waals surface area contributed by atoms with Crippen LogP contribution in [0.15, 0.2) is 29.2 Å². The van der Waals surface area contributed by atoms with Crippen molar-refractivity contribution in [1.82, 2.24) is 14.6 Å². The Morgan fingerprint density at radius 3 is 2.21 bits per heavy atom. The Bertz CT molecular complexity index is 1010. The van der Waals surface area contributed by atoms with Gasteiger partial charge in [0.15, 0.2) is 0 Å². The summed E-state index contributed by atoms with van der Waals surface area (Å²) >= 11 is 23.6. The molecular formula is C17H15Cl4N3O3S. The highest BCUT2D eigenvalue weighted by Gasteiger charge is 2.27. The summed E-state index contributed by atoms with van der Waals surface area (Å²) in [5.41, 5.74) is 0.560. The topological polar surface area (TPSA) is 79.4 Å². The van der Waals surface area contributed by atoms with Gasteiger partial charge in [-0.1, -0.05) is 58.5 Å². The number of hydrogen-bond donors (Lipinski definition) is 1. The van der Waals surface area contributed by atoms with Crippen molar-refractivity contribution in [1.29, 1.82) is 0 Å². The SMILES string of the molecule is O=C(NCc1ccc(S(=O)(=O)N2CCCC2)cc1)c1nc(Cl)c(Cl)c(Cl)c1Cl. The average Bonchev–Trinajstić information content (AvgIpc) is 3.23. The van der Waals surface area contributed by atoms with Gasteiger partial charge in [0.05, 0.1) is 20.0 Å². The first-order valence-electron chi connectivity index (χ1n) is 8.29. The molecule has 0 atom stereocenters. The molecule has 0 unspecified atom stereocenters. The molecule has 0 bridgehead atoms. The van der Waals surface area contributed by atoms with E-state index in [-0.39, 0.29) is 37.4 Å². The number of rotatable bonds is 5. The third-order valence-electron chi connectivity index (χ3n) is 4.28. The summed E-state index contributed by atoms with van der Waals surface area (Å²) in [4.78, 5) is 16.4. The van der Waals surface area contributed by atoms with Gasteiger partial charge in [-0.25, -0.2) is 13.4 Å². The van der Waals surface area contributed by atoms with Crippen LogP contribution in [-0.2, 0) is 16.6 Å². The fourth-order valence-corrected chi connectivity index (χ4v) is 5.09. The Morgan fingerprint density at radius 2 is 1.61 bits per heavy atom. The zero-order chi connectivity index (χ0) is 20.5. The maximum absolute atomic E-state index is 12.5. The number of benzene rings is 1. The van der Waals surface area contributed by atoms with Crippen molar-refractivity contribution >= 4 is 62.3 Å². The van der Waals surface area contributed by atoms with E-state index in [2.05, 4.69) is 10.3 Å². The van der Waals surface area contributed by atoms with Crippen molar-refractivity contribution in [3.63, 3.8) is 0 Å². The molecule has 11 heteroatoms. The number of amides is 1. The summed E-state index contributed by atoms with van der Waals surface area (Å²) in [7, 11) is -3.47. The van der Waals surface area contributed by atoms with Crippen molar-refractivity contribution in [3.8, 4) is 0 Å². The van der Waals surface area contributed by atoms with E-state index in [1.165, 1.54) is 16.4 Å². The second kappa shape index (κ2) is 8.73. The van der Waals surface area contributed by atoms with Crippen molar-refractivity contribution < 1.29 is 13.2 Å². The molecule has 150 valence electrons. The van der Waals surface area contributed by atoms with Crippen LogP contribution in [-0.4, -0.2) is 36.7 Å². The standard InChI is InChI=1S/C17H15Cl4N3O3S/c18-12-13(19)15(23-16(21)14(12)20)17(25)22-9-10-3-5-11(6-4-10)28(26,27)24-7-1-2-8-24/h3-6H,1-2,7-9H2,(H,22,25). The second-order valence-electron chi connectivity index (χ2n) is 6.13. The lowest BCUT2D eigenvalue weighted by Gasteiger charge is -2.15. The van der Waals surface area contributed by atoms with Gasteiger partial charge in [0.2, 0.25) is 10.0 Å². The van der Waals surface area contributed by atoms with Gasteiger partial charge >= 0.3 is 0 Å². The third kappa shape index (κ3) is 4.40. The van der Waals surface area contributed by atoms with Crippen LogP contribution in [0.2, 0.25) is 20.2 Å². The molecule has 1 amide bonds. The maximum Gasteiger partial charge on any atom is 0.271 e. The molecule has 1 fully saturated rings. The largest absolute Gasteiger partial charge is 0.347 e. The summed E-state index contributed by atoms with van der Waals surface area (Å²) in [5, 5.41) is 2.33. The van der Waals surface area contributed by atoms with Crippen molar-refractivity contribution in [2.45, 2.75) is 24.3 Å². The molecule has 1 aliphatic rings. The molecule has 6 nitrogen and oxygen atoms in total. The number of aromatic nitrogens is 1. The number of carbonyl (C=O) groups is 1. The lowest BCUT2D eigenvalue weighted by molar-refractivity contribution is 0.0946. The summed E-state index contributed by atoms with van der Waals surface area (Å²) in [6.45, 7) is 1.22. The summed E-state index contributed by atoms with van der Waals surface area (Å²) in [6, 6.07) is 6.33. The first kappa shape index (κ1) is 21.6. The van der Waals surface area contributed by atoms with Crippen LogP contribution < -0.4 is 5.32 Å². The second-order valence-corrected chi connectivity index (χ2v) is 9.56. The number of nitrogens with zero attached hydrogens (tertiary/aromatic N) is 2. The lowest BCUT2D eigenvalue weighted by Crippen LogP contribution is -2.28. The minimum Gasteiger partial charge on any atom is -0.347 e. The molecule has 1 aromatic heterocycles. The number of hydrogen-bond acceptors (Lipinski definition) is 4. The molecule has 0 spiro atoms. The predicted molar refractivity (Wildman–Crippen MR) is 110 cm³/mol. The number of carbonyl (C=O) groups excluding carboxylic acids is 1. The fourth-order valence-electron chi connectivity index (χ4n) is 2.76. The molecule has 2 aromatic rings. The maximum atomic E-state index is 12.5. The Kier molecular flexibility index (Phi) is 6.74. The monoisotopic (exact) mass is 481 g/mol. The van der Waals surface area contributed by atoms with E-state index in [1.54, 1.807) is 12.1 Å². The molecule has 1 aliphatic heterocycles. The molecule has 3 rings (SSSR count). The third-order valence-corrected chi connectivity index (χ3v) is 7.87. The zero-order valence-electron chi connectivity index (χ0n) is 14.4. The zero-order valence-corrected chi connectivity index (χ0v) is 18.2. The number of sulfonamides is 1. The van der Waals surface area contributed by atoms with Gasteiger partial charge in [0.25, 0.3) is 5.91 Å². The van der Waals surface area contributed by atoms with E-state index in [4.69, 9.17) is 46.4 Å². The number of nitrogens with one attached hydrogen (secondary N) is 1. The molecule has 1 N–H and O–H groups in total. The number of halogens is 4. The van der Waals surface area contributed by atoms with Gasteiger partial charge in [-0.2, -0.15) is 4.31 Å². The molecular weight excluding hydrogens is 468 g/mol. The lowest BCUT2D eigenvalue weighted by atomic mass is 10.2. The highest BCUT2D eigenvalue weighted by atomic mass is 35.5. The molecule has 2 heterocycles. The minimum atomic E-state index is -3.47. The predicted octanol–water partition coefficient (Wildman–Crippen LogP) is 4.41. The summed E-state index contributed by atoms with van der Waals surface area (Å²) in [6.07, 6.45) is 1.75. The van der Waals surface area contributed by atoms with Gasteiger partial charge in [0.1, 0.15) is 10.8 Å². The molecule has 0 radical (unpaired) electrons. The van der Waals surface area contributed by atoms with Crippen LogP contribution in [0.5, 0.6) is 0 Å². The van der Waals surface area contributed by atoms with E-state index in [9.17, 15) is 13.2 Å². The van der Waals surface area contributed by atoms with Crippen molar-refractivity contribution in [3.05, 3.63) is 55.7 Å². The van der Waals surface area contributed by atoms with E-state index in [0.717, 1.165) is 12.8 Å². The van der Waals surface area contributed by atoms with Crippen LogP contribution >= 0.6 is 46.4 Å². The van der Waals surface area contributed by atoms with Gasteiger partial charge < -0.3 is 5.32 Å². The van der Waals surface area contributed by atoms with Crippen LogP contribution in [0.1, 0.15) is 28.9 Å². The Labute approximate surface area is 182 Å². The Hall–Kier alpha value is -1.09. The molecule has 1 aromatic carbocycles. The van der Waals surface area contributed by atoms with E-state index in [1.807, 2.05) is 0 Å². The van der Waals surface area contributed by atoms with Crippen LogP contribution in [0, 0.1) is 0 Å². The van der Waals surface area contributed by atoms with Gasteiger partial charge in [-0.05, 0) is 30.5 Å². The smallest absolute Gasteiger partial charge is 0.271 e. The van der Waals surface area contributed by atoms with Crippen molar-refractivity contribution in [2.24, 2.45) is 0 Å². The Morgan fingerprint density at radius 1 is 1.00 bits per heavy atom. The summed E-state index contributed by atoms with van der Waals surface area (Å²) in [5.74, 6) is -0.584. The molecule has 28 heavy (non-hydrogen) atoms. The molecule has 0 saturated carbocycles. The van der Waals surface area contributed by atoms with E-state index in [0.29, 0.717) is 18.7 Å². The average molecular weight is 483 g/mol. The van der Waals surface area contributed by atoms with Crippen LogP contribution in [0.4, 0.5) is 0 Å². The van der Waals surface area contributed by atoms with Gasteiger partial charge in [-0.3, -0.25) is 4.79 Å². The van der Waals surface area contributed by atoms with Crippen LogP contribution in [0.25, 0.3) is 0 Å². The highest BCUT2D eigenvalue weighted by Crippen LogP contribution is 2.36. The normalized spacial score (nSPS) is 15.0. The first-order valence-corrected chi connectivity index (χ1v) is 11.2. The fraction of sp³-hybridized carbons (Fsp3) is 0.294. The van der Waals surface area contributed by atoms with Gasteiger partial charge in [-0.15, -0.1) is 0 Å². The van der Waals surface area contributed by atoms with Gasteiger partial charge in [0, 0.05) is 19.6 Å². The minimum absolute atomic E-state index is 0.0281. The molecule has 0 aliphatic carbocycles. The number of pyridine rings is 1. The van der Waals surface area contributed by atoms with Crippen LogP contribution in [0.3, 0.4) is 0 Å².